The highest BCUT2D eigenvalue weighted by Gasteiger charge is 2.42. The van der Waals surface area contributed by atoms with Gasteiger partial charge in [0.15, 0.2) is 0 Å². The van der Waals surface area contributed by atoms with E-state index in [1.54, 1.807) is 13.8 Å². The van der Waals surface area contributed by atoms with E-state index in [4.69, 9.17) is 4.52 Å². The van der Waals surface area contributed by atoms with E-state index in [9.17, 15) is 14.7 Å². The van der Waals surface area contributed by atoms with E-state index in [0.29, 0.717) is 24.7 Å². The van der Waals surface area contributed by atoms with E-state index in [2.05, 4.69) is 22.4 Å². The van der Waals surface area contributed by atoms with Gasteiger partial charge in [0.2, 0.25) is 11.7 Å². The largest absolute Gasteiger partial charge is 0.481 e. The van der Waals surface area contributed by atoms with Gasteiger partial charge < -0.3 is 19.8 Å². The molecular weight excluding hydrogens is 348 g/mol. The molecule has 0 bridgehead atoms. The van der Waals surface area contributed by atoms with Crippen molar-refractivity contribution in [3.63, 3.8) is 0 Å². The van der Waals surface area contributed by atoms with E-state index in [1.165, 1.54) is 10.5 Å². The summed E-state index contributed by atoms with van der Waals surface area (Å²) in [5, 5.41) is 16.1. The van der Waals surface area contributed by atoms with Crippen LogP contribution in [-0.2, 0) is 11.2 Å². The van der Waals surface area contributed by atoms with Crippen molar-refractivity contribution in [2.24, 2.45) is 5.41 Å². The standard InChI is InChI=1S/C19H24N4O4/c1-4-13-5-7-14(8-6-13)15-21-16(27-22-15)12(2)20-18(26)23-10-9-19(3,11-23)17(24)25/h5-8,12H,4,9-11H2,1-3H3,(H,20,26)(H,24,25). The average molecular weight is 372 g/mol. The summed E-state index contributed by atoms with van der Waals surface area (Å²) in [5.41, 5.74) is 1.17. The first-order valence-corrected chi connectivity index (χ1v) is 9.04. The van der Waals surface area contributed by atoms with Gasteiger partial charge in [0.25, 0.3) is 0 Å². The third-order valence-electron chi connectivity index (χ3n) is 5.05. The second-order valence-electron chi connectivity index (χ2n) is 7.22. The lowest BCUT2D eigenvalue weighted by Crippen LogP contribution is -2.41. The number of benzene rings is 1. The fraction of sp³-hybridized carbons (Fsp3) is 0.474. The number of amides is 2. The number of carbonyl (C=O) groups excluding carboxylic acids is 1. The zero-order valence-corrected chi connectivity index (χ0v) is 15.7. The van der Waals surface area contributed by atoms with E-state index in [1.807, 2.05) is 24.3 Å². The Balaban J connectivity index is 1.63. The third kappa shape index (κ3) is 3.94. The molecule has 2 unspecified atom stereocenters. The first-order chi connectivity index (χ1) is 12.8. The van der Waals surface area contributed by atoms with Crippen LogP contribution < -0.4 is 5.32 Å². The van der Waals surface area contributed by atoms with Crippen LogP contribution in [0.4, 0.5) is 4.79 Å². The maximum absolute atomic E-state index is 12.4. The van der Waals surface area contributed by atoms with Gasteiger partial charge in [-0.3, -0.25) is 4.79 Å². The molecule has 8 nitrogen and oxygen atoms in total. The molecule has 8 heteroatoms. The fourth-order valence-corrected chi connectivity index (χ4v) is 3.07. The summed E-state index contributed by atoms with van der Waals surface area (Å²) >= 11 is 0. The van der Waals surface area contributed by atoms with E-state index < -0.39 is 17.4 Å². The number of nitrogens with one attached hydrogen (secondary N) is 1. The van der Waals surface area contributed by atoms with Gasteiger partial charge in [-0.25, -0.2) is 4.79 Å². The van der Waals surface area contributed by atoms with E-state index in [-0.39, 0.29) is 12.6 Å². The number of aromatic nitrogens is 2. The Hall–Kier alpha value is -2.90. The molecule has 1 aliphatic rings. The maximum atomic E-state index is 12.4. The number of rotatable bonds is 5. The molecule has 1 aliphatic heterocycles. The van der Waals surface area contributed by atoms with E-state index in [0.717, 1.165) is 12.0 Å². The van der Waals surface area contributed by atoms with Crippen LogP contribution in [0.1, 0.15) is 44.7 Å². The first-order valence-electron chi connectivity index (χ1n) is 9.04. The molecule has 3 rings (SSSR count). The van der Waals surface area contributed by atoms with Gasteiger partial charge in [-0.15, -0.1) is 0 Å². The number of hydrogen-bond donors (Lipinski definition) is 2. The number of aliphatic carboxylic acids is 1. The van der Waals surface area contributed by atoms with Gasteiger partial charge in [0.05, 0.1) is 5.41 Å². The van der Waals surface area contributed by atoms with E-state index >= 15 is 0 Å². The van der Waals surface area contributed by atoms with Gasteiger partial charge >= 0.3 is 12.0 Å². The molecule has 2 aromatic rings. The van der Waals surface area contributed by atoms with Crippen LogP contribution in [0.15, 0.2) is 28.8 Å². The predicted octanol–water partition coefficient (Wildman–Crippen LogP) is 2.87. The van der Waals surface area contributed by atoms with Crippen molar-refractivity contribution in [1.29, 1.82) is 0 Å². The smallest absolute Gasteiger partial charge is 0.318 e. The molecule has 27 heavy (non-hydrogen) atoms. The van der Waals surface area contributed by atoms with Crippen LogP contribution in [0.2, 0.25) is 0 Å². The SMILES string of the molecule is CCc1ccc(-c2noc(C(C)NC(=O)N3CCC(C)(C(=O)O)C3)n2)cc1. The summed E-state index contributed by atoms with van der Waals surface area (Å²) in [6.07, 6.45) is 1.39. The molecule has 2 heterocycles. The Bertz CT molecular complexity index is 832. The molecule has 2 atom stereocenters. The number of nitrogens with zero attached hydrogens (tertiary/aromatic N) is 3. The Morgan fingerprint density at radius 1 is 1.37 bits per heavy atom. The van der Waals surface area contributed by atoms with Gasteiger partial charge in [-0.05, 0) is 32.3 Å². The summed E-state index contributed by atoms with van der Waals surface area (Å²) in [6, 6.07) is 7.10. The highest BCUT2D eigenvalue weighted by Crippen LogP contribution is 2.30. The number of carboxylic acid groups (broad SMARTS) is 1. The van der Waals surface area contributed by atoms with Crippen molar-refractivity contribution >= 4 is 12.0 Å². The molecule has 0 saturated carbocycles. The summed E-state index contributed by atoms with van der Waals surface area (Å²) < 4.78 is 5.29. The normalized spacial score (nSPS) is 20.5. The Labute approximate surface area is 157 Å². The Morgan fingerprint density at radius 2 is 2.07 bits per heavy atom. The molecule has 0 spiro atoms. The Morgan fingerprint density at radius 3 is 2.67 bits per heavy atom. The lowest BCUT2D eigenvalue weighted by Gasteiger charge is -2.21. The van der Waals surface area contributed by atoms with Gasteiger partial charge in [-0.2, -0.15) is 4.98 Å². The van der Waals surface area contributed by atoms with Gasteiger partial charge in [0, 0.05) is 18.7 Å². The van der Waals surface area contributed by atoms with Crippen molar-refractivity contribution in [3.05, 3.63) is 35.7 Å². The van der Waals surface area contributed by atoms with Crippen LogP contribution >= 0.6 is 0 Å². The summed E-state index contributed by atoms with van der Waals surface area (Å²) in [7, 11) is 0. The maximum Gasteiger partial charge on any atom is 0.318 e. The van der Waals surface area contributed by atoms with Crippen LogP contribution in [-0.4, -0.2) is 45.2 Å². The highest BCUT2D eigenvalue weighted by atomic mass is 16.5. The van der Waals surface area contributed by atoms with Crippen molar-refractivity contribution in [3.8, 4) is 11.4 Å². The number of hydrogen-bond acceptors (Lipinski definition) is 5. The van der Waals surface area contributed by atoms with Crippen molar-refractivity contribution in [2.45, 2.75) is 39.7 Å². The zero-order valence-electron chi connectivity index (χ0n) is 15.7. The summed E-state index contributed by atoms with van der Waals surface area (Å²) in [4.78, 5) is 29.6. The molecular formula is C19H24N4O4. The topological polar surface area (TPSA) is 109 Å². The van der Waals surface area contributed by atoms with Crippen LogP contribution in [0.25, 0.3) is 11.4 Å². The number of likely N-dealkylation sites (tertiary alicyclic amines) is 1. The van der Waals surface area contributed by atoms with Crippen LogP contribution in [0, 0.1) is 5.41 Å². The summed E-state index contributed by atoms with van der Waals surface area (Å²) in [6.45, 7) is 6.08. The average Bonchev–Trinajstić information content (AvgIpc) is 3.30. The van der Waals surface area contributed by atoms with Crippen LogP contribution in [0.3, 0.4) is 0 Å². The number of carboxylic acids is 1. The number of carbonyl (C=O) groups is 2. The zero-order chi connectivity index (χ0) is 19.6. The highest BCUT2D eigenvalue weighted by molar-refractivity contribution is 5.79. The molecule has 1 fully saturated rings. The molecule has 0 radical (unpaired) electrons. The van der Waals surface area contributed by atoms with Crippen molar-refractivity contribution in [2.75, 3.05) is 13.1 Å². The van der Waals surface area contributed by atoms with Crippen molar-refractivity contribution in [1.82, 2.24) is 20.4 Å². The molecule has 1 aromatic heterocycles. The molecule has 1 aromatic carbocycles. The van der Waals surface area contributed by atoms with Crippen molar-refractivity contribution < 1.29 is 19.2 Å². The third-order valence-corrected chi connectivity index (χ3v) is 5.05. The molecule has 144 valence electrons. The number of aryl methyl sites for hydroxylation is 1. The quantitative estimate of drug-likeness (QED) is 0.835. The minimum atomic E-state index is -0.900. The van der Waals surface area contributed by atoms with Crippen LogP contribution in [0.5, 0.6) is 0 Å². The molecule has 2 amide bonds. The fourth-order valence-electron chi connectivity index (χ4n) is 3.07. The number of urea groups is 1. The lowest BCUT2D eigenvalue weighted by molar-refractivity contribution is -0.147. The Kier molecular flexibility index (Phi) is 5.16. The minimum Gasteiger partial charge on any atom is -0.481 e. The second kappa shape index (κ2) is 7.38. The summed E-state index contributed by atoms with van der Waals surface area (Å²) in [5.74, 6) is -0.118. The second-order valence-corrected chi connectivity index (χ2v) is 7.22. The molecule has 0 aliphatic carbocycles. The molecule has 1 saturated heterocycles. The minimum absolute atomic E-state index is 0.180. The predicted molar refractivity (Wildman–Crippen MR) is 98.0 cm³/mol. The first kappa shape index (κ1) is 18.9. The lowest BCUT2D eigenvalue weighted by atomic mass is 9.90. The monoisotopic (exact) mass is 372 g/mol. The van der Waals surface area contributed by atoms with Gasteiger partial charge in [0.1, 0.15) is 6.04 Å². The van der Waals surface area contributed by atoms with Gasteiger partial charge in [-0.1, -0.05) is 36.3 Å². The molecule has 2 N–H and O–H groups in total.